The molecule has 1 fully saturated rings. The smallest absolute Gasteiger partial charge is 0.228 e. The SMILES string of the molecule is CCOc1cc(C)nc(N2CCC(C)C(Br)C2)n1. The molecule has 0 bridgehead atoms. The van der Waals surface area contributed by atoms with Crippen molar-refractivity contribution in [1.29, 1.82) is 0 Å². The van der Waals surface area contributed by atoms with Crippen LogP contribution in [0.25, 0.3) is 0 Å². The number of aryl methyl sites for hydroxylation is 1. The van der Waals surface area contributed by atoms with E-state index in [0.717, 1.165) is 31.2 Å². The van der Waals surface area contributed by atoms with E-state index in [1.807, 2.05) is 19.9 Å². The van der Waals surface area contributed by atoms with Gasteiger partial charge in [0.1, 0.15) is 0 Å². The van der Waals surface area contributed by atoms with Crippen LogP contribution in [0.4, 0.5) is 5.95 Å². The monoisotopic (exact) mass is 313 g/mol. The fourth-order valence-corrected chi connectivity index (χ4v) is 2.71. The number of hydrogen-bond donors (Lipinski definition) is 0. The third-order valence-corrected chi connectivity index (χ3v) is 4.45. The Hall–Kier alpha value is -0.840. The van der Waals surface area contributed by atoms with Crippen LogP contribution in [0.3, 0.4) is 0 Å². The Labute approximate surface area is 117 Å². The van der Waals surface area contributed by atoms with Crippen molar-refractivity contribution >= 4 is 21.9 Å². The van der Waals surface area contributed by atoms with Gasteiger partial charge in [-0.25, -0.2) is 4.98 Å². The van der Waals surface area contributed by atoms with Crippen LogP contribution in [0.5, 0.6) is 5.88 Å². The molecule has 0 saturated carbocycles. The van der Waals surface area contributed by atoms with Crippen molar-refractivity contribution in [3.05, 3.63) is 11.8 Å². The van der Waals surface area contributed by atoms with Gasteiger partial charge in [-0.3, -0.25) is 0 Å². The van der Waals surface area contributed by atoms with Gasteiger partial charge in [0.15, 0.2) is 0 Å². The first-order chi connectivity index (χ1) is 8.60. The van der Waals surface area contributed by atoms with Gasteiger partial charge in [0.2, 0.25) is 11.8 Å². The number of aromatic nitrogens is 2. The number of alkyl halides is 1. The summed E-state index contributed by atoms with van der Waals surface area (Å²) in [5.41, 5.74) is 0.952. The van der Waals surface area contributed by atoms with Crippen LogP contribution in [0.15, 0.2) is 6.07 Å². The molecule has 2 unspecified atom stereocenters. The molecular weight excluding hydrogens is 294 g/mol. The number of halogens is 1. The lowest BCUT2D eigenvalue weighted by molar-refractivity contribution is 0.325. The normalized spacial score (nSPS) is 24.1. The molecule has 0 amide bonds. The minimum atomic E-state index is 0.505. The number of hydrogen-bond acceptors (Lipinski definition) is 4. The van der Waals surface area contributed by atoms with E-state index in [1.54, 1.807) is 0 Å². The molecule has 2 atom stereocenters. The standard InChI is InChI=1S/C13H20BrN3O/c1-4-18-12-7-10(3)15-13(16-12)17-6-5-9(2)11(14)8-17/h7,9,11H,4-6,8H2,1-3H3. The molecule has 2 heterocycles. The van der Waals surface area contributed by atoms with E-state index in [1.165, 1.54) is 0 Å². The summed E-state index contributed by atoms with van der Waals surface area (Å²) in [5.74, 6) is 2.16. The lowest BCUT2D eigenvalue weighted by Gasteiger charge is -2.34. The maximum Gasteiger partial charge on any atom is 0.228 e. The molecule has 2 rings (SSSR count). The molecule has 0 spiro atoms. The van der Waals surface area contributed by atoms with E-state index in [2.05, 4.69) is 37.7 Å². The molecule has 0 N–H and O–H groups in total. The second-order valence-electron chi connectivity index (χ2n) is 4.81. The molecule has 1 aliphatic rings. The first-order valence-corrected chi connectivity index (χ1v) is 7.39. The van der Waals surface area contributed by atoms with Gasteiger partial charge in [-0.1, -0.05) is 22.9 Å². The molecule has 1 aromatic heterocycles. The van der Waals surface area contributed by atoms with Gasteiger partial charge in [0, 0.05) is 29.7 Å². The average molecular weight is 314 g/mol. The first kappa shape index (κ1) is 13.6. The van der Waals surface area contributed by atoms with Crippen LogP contribution in [0.2, 0.25) is 0 Å². The molecule has 5 heteroatoms. The third kappa shape index (κ3) is 3.13. The van der Waals surface area contributed by atoms with Gasteiger partial charge in [0.25, 0.3) is 0 Å². The van der Waals surface area contributed by atoms with Crippen molar-refractivity contribution in [2.75, 3.05) is 24.6 Å². The van der Waals surface area contributed by atoms with Crippen LogP contribution >= 0.6 is 15.9 Å². The highest BCUT2D eigenvalue weighted by molar-refractivity contribution is 9.09. The Kier molecular flexibility index (Phi) is 4.43. The second kappa shape index (κ2) is 5.87. The zero-order chi connectivity index (χ0) is 13.1. The summed E-state index contributed by atoms with van der Waals surface area (Å²) in [7, 11) is 0. The van der Waals surface area contributed by atoms with Gasteiger partial charge < -0.3 is 9.64 Å². The highest BCUT2D eigenvalue weighted by Gasteiger charge is 2.25. The first-order valence-electron chi connectivity index (χ1n) is 6.47. The fraction of sp³-hybridized carbons (Fsp3) is 0.692. The van der Waals surface area contributed by atoms with Gasteiger partial charge >= 0.3 is 0 Å². The topological polar surface area (TPSA) is 38.2 Å². The summed E-state index contributed by atoms with van der Waals surface area (Å²) in [6, 6.07) is 1.88. The van der Waals surface area contributed by atoms with Crippen LogP contribution in [0.1, 0.15) is 26.0 Å². The Morgan fingerprint density at radius 3 is 2.94 bits per heavy atom. The van der Waals surface area contributed by atoms with Crippen LogP contribution in [-0.4, -0.2) is 34.5 Å². The van der Waals surface area contributed by atoms with Gasteiger partial charge in [-0.05, 0) is 26.2 Å². The molecule has 1 aromatic rings. The van der Waals surface area contributed by atoms with E-state index in [-0.39, 0.29) is 0 Å². The Bertz CT molecular complexity index is 413. The van der Waals surface area contributed by atoms with Gasteiger partial charge in [-0.15, -0.1) is 0 Å². The Morgan fingerprint density at radius 1 is 1.50 bits per heavy atom. The average Bonchev–Trinajstić information content (AvgIpc) is 2.32. The maximum atomic E-state index is 5.48. The van der Waals surface area contributed by atoms with Crippen molar-refractivity contribution in [3.63, 3.8) is 0 Å². The lowest BCUT2D eigenvalue weighted by atomic mass is 9.99. The molecule has 18 heavy (non-hydrogen) atoms. The van der Waals surface area contributed by atoms with E-state index >= 15 is 0 Å². The van der Waals surface area contributed by atoms with Crippen LogP contribution in [0, 0.1) is 12.8 Å². The quantitative estimate of drug-likeness (QED) is 0.804. The van der Waals surface area contributed by atoms with Crippen molar-refractivity contribution in [1.82, 2.24) is 9.97 Å². The third-order valence-electron chi connectivity index (χ3n) is 3.26. The number of ether oxygens (including phenoxy) is 1. The molecule has 0 aromatic carbocycles. The highest BCUT2D eigenvalue weighted by atomic mass is 79.9. The molecule has 1 aliphatic heterocycles. The Balaban J connectivity index is 2.17. The number of nitrogens with zero attached hydrogens (tertiary/aromatic N) is 3. The van der Waals surface area contributed by atoms with E-state index < -0.39 is 0 Å². The molecule has 0 radical (unpaired) electrons. The summed E-state index contributed by atoms with van der Waals surface area (Å²) in [6.45, 7) is 8.82. The fourth-order valence-electron chi connectivity index (χ4n) is 2.09. The summed E-state index contributed by atoms with van der Waals surface area (Å²) in [5, 5.41) is 0. The van der Waals surface area contributed by atoms with Crippen LogP contribution < -0.4 is 9.64 Å². The zero-order valence-corrected chi connectivity index (χ0v) is 12.8. The predicted octanol–water partition coefficient (Wildman–Crippen LogP) is 2.79. The van der Waals surface area contributed by atoms with Crippen molar-refractivity contribution in [2.24, 2.45) is 5.92 Å². The number of anilines is 1. The minimum absolute atomic E-state index is 0.505. The maximum absolute atomic E-state index is 5.48. The molecule has 100 valence electrons. The van der Waals surface area contributed by atoms with Crippen molar-refractivity contribution in [2.45, 2.75) is 32.0 Å². The highest BCUT2D eigenvalue weighted by Crippen LogP contribution is 2.26. The van der Waals surface area contributed by atoms with Gasteiger partial charge in [-0.2, -0.15) is 4.98 Å². The molecule has 0 aliphatic carbocycles. The lowest BCUT2D eigenvalue weighted by Crippen LogP contribution is -2.41. The summed E-state index contributed by atoms with van der Waals surface area (Å²) in [4.78, 5) is 11.7. The number of piperidine rings is 1. The van der Waals surface area contributed by atoms with E-state index in [0.29, 0.717) is 23.2 Å². The molecule has 1 saturated heterocycles. The second-order valence-corrected chi connectivity index (χ2v) is 5.98. The van der Waals surface area contributed by atoms with E-state index in [4.69, 9.17) is 4.74 Å². The van der Waals surface area contributed by atoms with Crippen LogP contribution in [-0.2, 0) is 0 Å². The van der Waals surface area contributed by atoms with E-state index in [9.17, 15) is 0 Å². The summed E-state index contributed by atoms with van der Waals surface area (Å²) in [6.07, 6.45) is 1.16. The summed E-state index contributed by atoms with van der Waals surface area (Å²) < 4.78 is 5.48. The summed E-state index contributed by atoms with van der Waals surface area (Å²) >= 11 is 3.73. The zero-order valence-electron chi connectivity index (χ0n) is 11.2. The predicted molar refractivity (Wildman–Crippen MR) is 76.6 cm³/mol. The molecule has 4 nitrogen and oxygen atoms in total. The van der Waals surface area contributed by atoms with Crippen molar-refractivity contribution < 1.29 is 4.74 Å². The van der Waals surface area contributed by atoms with Crippen molar-refractivity contribution in [3.8, 4) is 5.88 Å². The largest absolute Gasteiger partial charge is 0.478 e. The van der Waals surface area contributed by atoms with Gasteiger partial charge in [0.05, 0.1) is 6.61 Å². The minimum Gasteiger partial charge on any atom is -0.478 e. The number of rotatable bonds is 3. The Morgan fingerprint density at radius 2 is 2.28 bits per heavy atom. The molecular formula is C13H20BrN3O.